The second-order valence-electron chi connectivity index (χ2n) is 4.29. The highest BCUT2D eigenvalue weighted by molar-refractivity contribution is 5.79. The van der Waals surface area contributed by atoms with Gasteiger partial charge in [0.25, 0.3) is 0 Å². The van der Waals surface area contributed by atoms with Crippen LogP contribution in [0.5, 0.6) is 0 Å². The number of nitrogens with one attached hydrogen (secondary N) is 1. The summed E-state index contributed by atoms with van der Waals surface area (Å²) in [6, 6.07) is 6.66. The van der Waals surface area contributed by atoms with Crippen molar-refractivity contribution in [1.82, 2.24) is 15.0 Å². The summed E-state index contributed by atoms with van der Waals surface area (Å²) in [4.78, 5) is 11.1. The number of alkyl halides is 3. The summed E-state index contributed by atoms with van der Waals surface area (Å²) in [6.45, 7) is 0. The number of pyridine rings is 1. The first kappa shape index (κ1) is 12.5. The van der Waals surface area contributed by atoms with Gasteiger partial charge in [-0.3, -0.25) is 4.98 Å². The van der Waals surface area contributed by atoms with Crippen molar-refractivity contribution < 1.29 is 13.2 Å². The molecule has 2 heterocycles. The third kappa shape index (κ3) is 2.18. The Labute approximate surface area is 111 Å². The number of hydrogen-bond acceptors (Lipinski definition) is 3. The van der Waals surface area contributed by atoms with Crippen molar-refractivity contribution in [2.45, 2.75) is 6.18 Å². The molecule has 3 N–H and O–H groups in total. The Kier molecular flexibility index (Phi) is 2.63. The number of halogens is 3. The van der Waals surface area contributed by atoms with E-state index in [1.165, 1.54) is 12.3 Å². The van der Waals surface area contributed by atoms with Crippen LogP contribution in [-0.4, -0.2) is 15.0 Å². The second-order valence-corrected chi connectivity index (χ2v) is 4.29. The maximum Gasteiger partial charge on any atom is 0.416 e. The van der Waals surface area contributed by atoms with Gasteiger partial charge in [-0.2, -0.15) is 13.2 Å². The number of nitrogens with two attached hydrogens (primary N) is 1. The maximum absolute atomic E-state index is 12.6. The number of nitrogens with zero attached hydrogens (tertiary/aromatic N) is 2. The number of aromatic amines is 1. The van der Waals surface area contributed by atoms with Gasteiger partial charge in [-0.25, -0.2) is 4.98 Å². The molecule has 0 saturated carbocycles. The standard InChI is InChI=1S/C13H9F3N4/c14-13(15,16)7-1-3-9-11(5-7)20-12(19-9)10-4-2-8(17)6-18-10/h1-6H,17H2,(H,19,20). The molecule has 0 aliphatic heterocycles. The van der Waals surface area contributed by atoms with Crippen LogP contribution in [-0.2, 0) is 6.18 Å². The Hall–Kier alpha value is -2.57. The van der Waals surface area contributed by atoms with Crippen molar-refractivity contribution in [3.63, 3.8) is 0 Å². The Balaban J connectivity index is 2.09. The molecule has 0 aliphatic rings. The number of H-pyrrole nitrogens is 1. The summed E-state index contributed by atoms with van der Waals surface area (Å²) in [5, 5.41) is 0. The minimum absolute atomic E-state index is 0.313. The van der Waals surface area contributed by atoms with Gasteiger partial charge in [0.1, 0.15) is 5.69 Å². The molecule has 102 valence electrons. The van der Waals surface area contributed by atoms with Crippen molar-refractivity contribution in [2.75, 3.05) is 5.73 Å². The third-order valence-corrected chi connectivity index (χ3v) is 2.84. The Morgan fingerprint density at radius 3 is 2.55 bits per heavy atom. The van der Waals surface area contributed by atoms with E-state index in [0.29, 0.717) is 28.2 Å². The summed E-state index contributed by atoms with van der Waals surface area (Å²) >= 11 is 0. The monoisotopic (exact) mass is 278 g/mol. The maximum atomic E-state index is 12.6. The third-order valence-electron chi connectivity index (χ3n) is 2.84. The van der Waals surface area contributed by atoms with E-state index in [4.69, 9.17) is 5.73 Å². The molecule has 0 amide bonds. The molecule has 0 unspecified atom stereocenters. The van der Waals surface area contributed by atoms with E-state index in [2.05, 4.69) is 15.0 Å². The van der Waals surface area contributed by atoms with E-state index in [0.717, 1.165) is 12.1 Å². The lowest BCUT2D eigenvalue weighted by molar-refractivity contribution is -0.137. The molecule has 3 aromatic rings. The Morgan fingerprint density at radius 1 is 1.10 bits per heavy atom. The first-order valence-corrected chi connectivity index (χ1v) is 5.72. The molecular formula is C13H9F3N4. The van der Waals surface area contributed by atoms with Crippen LogP contribution < -0.4 is 5.73 Å². The van der Waals surface area contributed by atoms with Crippen molar-refractivity contribution in [3.05, 3.63) is 42.1 Å². The first-order chi connectivity index (χ1) is 9.43. The van der Waals surface area contributed by atoms with Gasteiger partial charge in [0, 0.05) is 0 Å². The van der Waals surface area contributed by atoms with E-state index < -0.39 is 11.7 Å². The van der Waals surface area contributed by atoms with Gasteiger partial charge < -0.3 is 10.7 Å². The summed E-state index contributed by atoms with van der Waals surface area (Å²) in [5.41, 5.74) is 6.60. The number of nitrogen functional groups attached to an aromatic ring is 1. The van der Waals surface area contributed by atoms with Crippen LogP contribution in [0.15, 0.2) is 36.5 Å². The van der Waals surface area contributed by atoms with Crippen LogP contribution in [0.25, 0.3) is 22.6 Å². The number of aromatic nitrogens is 3. The summed E-state index contributed by atoms with van der Waals surface area (Å²) in [5.74, 6) is 0.402. The van der Waals surface area contributed by atoms with Gasteiger partial charge in [-0.15, -0.1) is 0 Å². The molecule has 3 rings (SSSR count). The highest BCUT2D eigenvalue weighted by atomic mass is 19.4. The lowest BCUT2D eigenvalue weighted by Gasteiger charge is -2.05. The number of anilines is 1. The minimum atomic E-state index is -4.38. The van der Waals surface area contributed by atoms with E-state index in [-0.39, 0.29) is 0 Å². The fraction of sp³-hybridized carbons (Fsp3) is 0.0769. The van der Waals surface area contributed by atoms with Crippen LogP contribution in [0.2, 0.25) is 0 Å². The zero-order valence-electron chi connectivity index (χ0n) is 10.1. The lowest BCUT2D eigenvalue weighted by atomic mass is 10.2. The van der Waals surface area contributed by atoms with Crippen molar-refractivity contribution >= 4 is 16.7 Å². The summed E-state index contributed by atoms with van der Waals surface area (Å²) < 4.78 is 37.9. The van der Waals surface area contributed by atoms with E-state index in [1.807, 2.05) is 0 Å². The largest absolute Gasteiger partial charge is 0.416 e. The average molecular weight is 278 g/mol. The number of rotatable bonds is 1. The van der Waals surface area contributed by atoms with Gasteiger partial charge in [-0.1, -0.05) is 0 Å². The number of imidazole rings is 1. The predicted octanol–water partition coefficient (Wildman–Crippen LogP) is 3.23. The number of benzene rings is 1. The Morgan fingerprint density at radius 2 is 1.90 bits per heavy atom. The molecule has 0 bridgehead atoms. The topological polar surface area (TPSA) is 67.6 Å². The van der Waals surface area contributed by atoms with Crippen molar-refractivity contribution in [1.29, 1.82) is 0 Å². The molecule has 0 saturated heterocycles. The highest BCUT2D eigenvalue weighted by Crippen LogP contribution is 2.31. The normalized spacial score (nSPS) is 11.9. The van der Waals surface area contributed by atoms with Gasteiger partial charge in [0.05, 0.1) is 28.5 Å². The SMILES string of the molecule is Nc1ccc(-c2nc3ccc(C(F)(F)F)cc3[nH]2)nc1. The average Bonchev–Trinajstić information content (AvgIpc) is 2.81. The molecule has 0 aliphatic carbocycles. The zero-order chi connectivity index (χ0) is 14.3. The van der Waals surface area contributed by atoms with Crippen molar-refractivity contribution in [3.8, 4) is 11.5 Å². The predicted molar refractivity (Wildman–Crippen MR) is 68.7 cm³/mol. The molecular weight excluding hydrogens is 269 g/mol. The van der Waals surface area contributed by atoms with Crippen LogP contribution in [0.3, 0.4) is 0 Å². The molecule has 0 fully saturated rings. The number of hydrogen-bond donors (Lipinski definition) is 2. The lowest BCUT2D eigenvalue weighted by Crippen LogP contribution is -2.04. The quantitative estimate of drug-likeness (QED) is 0.718. The number of fused-ring (bicyclic) bond motifs is 1. The molecule has 1 aromatic carbocycles. The first-order valence-electron chi connectivity index (χ1n) is 5.72. The van der Waals surface area contributed by atoms with E-state index >= 15 is 0 Å². The van der Waals surface area contributed by atoms with Crippen LogP contribution in [0.4, 0.5) is 18.9 Å². The van der Waals surface area contributed by atoms with Gasteiger partial charge in [-0.05, 0) is 30.3 Å². The minimum Gasteiger partial charge on any atom is -0.397 e. The van der Waals surface area contributed by atoms with Crippen molar-refractivity contribution in [2.24, 2.45) is 0 Å². The van der Waals surface area contributed by atoms with Crippen LogP contribution in [0, 0.1) is 0 Å². The zero-order valence-corrected chi connectivity index (χ0v) is 10.1. The fourth-order valence-electron chi connectivity index (χ4n) is 1.85. The second kappa shape index (κ2) is 4.22. The smallest absolute Gasteiger partial charge is 0.397 e. The summed E-state index contributed by atoms with van der Waals surface area (Å²) in [6.07, 6.45) is -2.91. The van der Waals surface area contributed by atoms with E-state index in [1.54, 1.807) is 12.1 Å². The molecule has 4 nitrogen and oxygen atoms in total. The molecule has 20 heavy (non-hydrogen) atoms. The van der Waals surface area contributed by atoms with Gasteiger partial charge in [0.15, 0.2) is 5.82 Å². The Bertz CT molecular complexity index is 759. The fourth-order valence-corrected chi connectivity index (χ4v) is 1.85. The molecule has 0 radical (unpaired) electrons. The molecule has 0 atom stereocenters. The summed E-state index contributed by atoms with van der Waals surface area (Å²) in [7, 11) is 0. The molecule has 0 spiro atoms. The molecule has 7 heteroatoms. The van der Waals surface area contributed by atoms with E-state index in [9.17, 15) is 13.2 Å². The van der Waals surface area contributed by atoms with Crippen LogP contribution in [0.1, 0.15) is 5.56 Å². The van der Waals surface area contributed by atoms with Gasteiger partial charge in [0.2, 0.25) is 0 Å². The van der Waals surface area contributed by atoms with Gasteiger partial charge >= 0.3 is 6.18 Å². The molecule has 2 aromatic heterocycles. The highest BCUT2D eigenvalue weighted by Gasteiger charge is 2.30. The van der Waals surface area contributed by atoms with Crippen LogP contribution >= 0.6 is 0 Å².